The molecule has 2 rings (SSSR count). The molecule has 24 heavy (non-hydrogen) atoms. The number of hydrogen-bond acceptors (Lipinski definition) is 3. The molecule has 0 spiro atoms. The molecule has 6 heteroatoms. The molecule has 2 aromatic carbocycles. The van der Waals surface area contributed by atoms with E-state index in [2.05, 4.69) is 5.32 Å². The maximum absolute atomic E-state index is 13.4. The summed E-state index contributed by atoms with van der Waals surface area (Å²) in [5.74, 6) is -0.870. The zero-order valence-electron chi connectivity index (χ0n) is 13.6. The van der Waals surface area contributed by atoms with Crippen molar-refractivity contribution < 1.29 is 18.7 Å². The van der Waals surface area contributed by atoms with Crippen molar-refractivity contribution in [3.8, 4) is 5.75 Å². The van der Waals surface area contributed by atoms with Gasteiger partial charge in [0.2, 0.25) is 5.91 Å². The standard InChI is InChI=1S/C18H19FN2O3/c1-21(2)18(23)11-13-7-9-14(10-8-13)20-17(22)12-24-16-6-4-3-5-15(16)19/h3-10H,11-12H2,1-2H3,(H,20,22). The molecule has 0 aliphatic rings. The number of carbonyl (C=O) groups is 2. The van der Waals surface area contributed by atoms with Gasteiger partial charge in [-0.05, 0) is 29.8 Å². The second-order valence-corrected chi connectivity index (χ2v) is 5.43. The molecule has 0 fully saturated rings. The lowest BCUT2D eigenvalue weighted by molar-refractivity contribution is -0.128. The highest BCUT2D eigenvalue weighted by atomic mass is 19.1. The van der Waals surface area contributed by atoms with Gasteiger partial charge in [-0.25, -0.2) is 4.39 Å². The minimum absolute atomic E-state index is 0.00470. The molecule has 1 N–H and O–H groups in total. The zero-order chi connectivity index (χ0) is 17.5. The number of amides is 2. The van der Waals surface area contributed by atoms with Crippen molar-refractivity contribution in [3.63, 3.8) is 0 Å². The Labute approximate surface area is 140 Å². The fraction of sp³-hybridized carbons (Fsp3) is 0.222. The lowest BCUT2D eigenvalue weighted by atomic mass is 10.1. The first kappa shape index (κ1) is 17.5. The highest BCUT2D eigenvalue weighted by Gasteiger charge is 2.08. The van der Waals surface area contributed by atoms with E-state index in [0.29, 0.717) is 12.1 Å². The highest BCUT2D eigenvalue weighted by Crippen LogP contribution is 2.15. The number of benzene rings is 2. The average molecular weight is 330 g/mol. The number of nitrogens with zero attached hydrogens (tertiary/aromatic N) is 1. The normalized spacial score (nSPS) is 10.1. The Morgan fingerprint density at radius 3 is 2.38 bits per heavy atom. The summed E-state index contributed by atoms with van der Waals surface area (Å²) in [5.41, 5.74) is 1.44. The summed E-state index contributed by atoms with van der Waals surface area (Å²) >= 11 is 0. The molecule has 0 aliphatic heterocycles. The molecular formula is C18H19FN2O3. The van der Waals surface area contributed by atoms with E-state index in [4.69, 9.17) is 4.74 Å². The van der Waals surface area contributed by atoms with Crippen molar-refractivity contribution in [1.82, 2.24) is 4.90 Å². The fourth-order valence-electron chi connectivity index (χ4n) is 1.94. The number of likely N-dealkylation sites (N-methyl/N-ethyl adjacent to an activating group) is 1. The Morgan fingerprint density at radius 2 is 1.75 bits per heavy atom. The Balaban J connectivity index is 1.86. The number of hydrogen-bond donors (Lipinski definition) is 1. The van der Waals surface area contributed by atoms with Crippen LogP contribution in [0, 0.1) is 5.82 Å². The lowest BCUT2D eigenvalue weighted by Crippen LogP contribution is -2.23. The van der Waals surface area contributed by atoms with Crippen molar-refractivity contribution in [2.75, 3.05) is 26.0 Å². The minimum Gasteiger partial charge on any atom is -0.481 e. The van der Waals surface area contributed by atoms with E-state index < -0.39 is 11.7 Å². The van der Waals surface area contributed by atoms with Crippen LogP contribution in [0.4, 0.5) is 10.1 Å². The van der Waals surface area contributed by atoms with Crippen molar-refractivity contribution in [3.05, 3.63) is 59.9 Å². The van der Waals surface area contributed by atoms with Crippen molar-refractivity contribution >= 4 is 17.5 Å². The Kier molecular flexibility index (Phi) is 5.89. The summed E-state index contributed by atoms with van der Waals surface area (Å²) in [4.78, 5) is 25.0. The van der Waals surface area contributed by atoms with Gasteiger partial charge in [-0.2, -0.15) is 0 Å². The van der Waals surface area contributed by atoms with Gasteiger partial charge >= 0.3 is 0 Å². The third kappa shape index (κ3) is 5.08. The van der Waals surface area contributed by atoms with E-state index >= 15 is 0 Å². The third-order valence-electron chi connectivity index (χ3n) is 3.29. The van der Waals surface area contributed by atoms with Crippen LogP contribution in [0.1, 0.15) is 5.56 Å². The summed E-state index contributed by atoms with van der Waals surface area (Å²) in [6, 6.07) is 12.9. The molecule has 0 atom stereocenters. The molecular weight excluding hydrogens is 311 g/mol. The fourth-order valence-corrected chi connectivity index (χ4v) is 1.94. The quantitative estimate of drug-likeness (QED) is 0.885. The summed E-state index contributed by atoms with van der Waals surface area (Å²) < 4.78 is 18.5. The number of rotatable bonds is 6. The van der Waals surface area contributed by atoms with Crippen LogP contribution in [0.25, 0.3) is 0 Å². The van der Waals surface area contributed by atoms with Crippen LogP contribution in [0.2, 0.25) is 0 Å². The summed E-state index contributed by atoms with van der Waals surface area (Å²) in [7, 11) is 3.40. The van der Waals surface area contributed by atoms with Gasteiger partial charge in [-0.3, -0.25) is 9.59 Å². The Hall–Kier alpha value is -2.89. The van der Waals surface area contributed by atoms with E-state index in [-0.39, 0.29) is 18.3 Å². The Bertz CT molecular complexity index is 714. The minimum atomic E-state index is -0.514. The Morgan fingerprint density at radius 1 is 1.08 bits per heavy atom. The number of anilines is 1. The molecule has 0 unspecified atom stereocenters. The van der Waals surface area contributed by atoms with E-state index in [1.807, 2.05) is 0 Å². The van der Waals surface area contributed by atoms with Crippen molar-refractivity contribution in [1.29, 1.82) is 0 Å². The molecule has 0 radical (unpaired) electrons. The summed E-state index contributed by atoms with van der Waals surface area (Å²) in [6.07, 6.45) is 0.303. The number of ether oxygens (including phenoxy) is 1. The first-order chi connectivity index (χ1) is 11.5. The van der Waals surface area contributed by atoms with Gasteiger partial charge in [0.15, 0.2) is 18.2 Å². The maximum Gasteiger partial charge on any atom is 0.262 e. The van der Waals surface area contributed by atoms with E-state index in [0.717, 1.165) is 5.56 Å². The topological polar surface area (TPSA) is 58.6 Å². The molecule has 0 saturated carbocycles. The SMILES string of the molecule is CN(C)C(=O)Cc1ccc(NC(=O)COc2ccccc2F)cc1. The van der Waals surface area contributed by atoms with E-state index in [1.54, 1.807) is 50.5 Å². The molecule has 2 aromatic rings. The lowest BCUT2D eigenvalue weighted by Gasteiger charge is -2.11. The first-order valence-corrected chi connectivity index (χ1v) is 7.42. The molecule has 0 heterocycles. The van der Waals surface area contributed by atoms with Gasteiger partial charge in [0.05, 0.1) is 6.42 Å². The molecule has 5 nitrogen and oxygen atoms in total. The predicted octanol–water partition coefficient (Wildman–Crippen LogP) is 2.47. The second kappa shape index (κ2) is 8.10. The molecule has 0 saturated heterocycles. The number of halogens is 1. The molecule has 0 aromatic heterocycles. The monoisotopic (exact) mass is 330 g/mol. The smallest absolute Gasteiger partial charge is 0.262 e. The van der Waals surface area contributed by atoms with Gasteiger partial charge in [-0.1, -0.05) is 24.3 Å². The zero-order valence-corrected chi connectivity index (χ0v) is 13.6. The predicted molar refractivity (Wildman–Crippen MR) is 89.4 cm³/mol. The van der Waals surface area contributed by atoms with E-state index in [9.17, 15) is 14.0 Å². The van der Waals surface area contributed by atoms with Gasteiger partial charge in [0.1, 0.15) is 0 Å². The van der Waals surface area contributed by atoms with Crippen molar-refractivity contribution in [2.45, 2.75) is 6.42 Å². The van der Waals surface area contributed by atoms with E-state index in [1.165, 1.54) is 17.0 Å². The van der Waals surface area contributed by atoms with Crippen LogP contribution in [0.3, 0.4) is 0 Å². The van der Waals surface area contributed by atoms with Crippen LogP contribution in [-0.4, -0.2) is 37.4 Å². The van der Waals surface area contributed by atoms with Gasteiger partial charge in [0.25, 0.3) is 5.91 Å². The summed E-state index contributed by atoms with van der Waals surface area (Å²) in [5, 5.41) is 2.65. The van der Waals surface area contributed by atoms with Crippen molar-refractivity contribution in [2.24, 2.45) is 0 Å². The van der Waals surface area contributed by atoms with Gasteiger partial charge < -0.3 is 15.0 Å². The van der Waals surface area contributed by atoms with Crippen LogP contribution < -0.4 is 10.1 Å². The largest absolute Gasteiger partial charge is 0.481 e. The van der Waals surface area contributed by atoms with Gasteiger partial charge in [0, 0.05) is 19.8 Å². The van der Waals surface area contributed by atoms with Gasteiger partial charge in [-0.15, -0.1) is 0 Å². The maximum atomic E-state index is 13.4. The first-order valence-electron chi connectivity index (χ1n) is 7.42. The molecule has 2 amide bonds. The second-order valence-electron chi connectivity index (χ2n) is 5.43. The number of carbonyl (C=O) groups excluding carboxylic acids is 2. The third-order valence-corrected chi connectivity index (χ3v) is 3.29. The van der Waals surface area contributed by atoms with Crippen LogP contribution in [0.5, 0.6) is 5.75 Å². The van der Waals surface area contributed by atoms with Crippen LogP contribution in [0.15, 0.2) is 48.5 Å². The number of nitrogens with one attached hydrogen (secondary N) is 1. The van der Waals surface area contributed by atoms with Crippen LogP contribution in [-0.2, 0) is 16.0 Å². The highest BCUT2D eigenvalue weighted by molar-refractivity contribution is 5.92. The molecule has 0 bridgehead atoms. The molecule has 0 aliphatic carbocycles. The average Bonchev–Trinajstić information content (AvgIpc) is 2.56. The van der Waals surface area contributed by atoms with Crippen LogP contribution >= 0.6 is 0 Å². The molecule has 126 valence electrons. The number of para-hydroxylation sites is 1. The summed E-state index contributed by atoms with van der Waals surface area (Å²) in [6.45, 7) is -0.290.